The van der Waals surface area contributed by atoms with Crippen molar-refractivity contribution < 1.29 is 4.74 Å². The molecule has 0 atom stereocenters. The van der Waals surface area contributed by atoms with Crippen molar-refractivity contribution in [1.82, 2.24) is 24.4 Å². The van der Waals surface area contributed by atoms with E-state index in [0.717, 1.165) is 39.4 Å². The van der Waals surface area contributed by atoms with Crippen molar-refractivity contribution in [2.45, 2.75) is 13.8 Å². The zero-order chi connectivity index (χ0) is 26.2. The Kier molecular flexibility index (Phi) is 6.27. The van der Waals surface area contributed by atoms with Crippen LogP contribution < -0.4 is 14.8 Å². The third kappa shape index (κ3) is 4.49. The highest BCUT2D eigenvalue weighted by molar-refractivity contribution is 7.15. The van der Waals surface area contributed by atoms with Crippen molar-refractivity contribution in [3.05, 3.63) is 110 Å². The minimum absolute atomic E-state index is 0.223. The number of aryl methyl sites for hydroxylation is 1. The molecule has 0 N–H and O–H groups in total. The van der Waals surface area contributed by atoms with Gasteiger partial charge in [0.15, 0.2) is 5.82 Å². The summed E-state index contributed by atoms with van der Waals surface area (Å²) in [6.45, 7) is 4.58. The molecular formula is C29H22ClN5O2S. The van der Waals surface area contributed by atoms with Crippen LogP contribution in [0.3, 0.4) is 0 Å². The highest BCUT2D eigenvalue weighted by Crippen LogP contribution is 2.29. The molecule has 188 valence electrons. The van der Waals surface area contributed by atoms with E-state index in [4.69, 9.17) is 21.4 Å². The molecule has 0 aliphatic carbocycles. The molecule has 0 fully saturated rings. The summed E-state index contributed by atoms with van der Waals surface area (Å²) >= 11 is 7.29. The minimum atomic E-state index is -0.223. The number of rotatable bonds is 6. The van der Waals surface area contributed by atoms with Crippen LogP contribution in [0, 0.1) is 6.92 Å². The van der Waals surface area contributed by atoms with E-state index in [-0.39, 0.29) is 5.56 Å². The third-order valence-electron chi connectivity index (χ3n) is 6.08. The maximum absolute atomic E-state index is 13.3. The number of nitrogens with zero attached hydrogens (tertiary/aromatic N) is 5. The first-order chi connectivity index (χ1) is 18.5. The van der Waals surface area contributed by atoms with Crippen molar-refractivity contribution in [3.63, 3.8) is 0 Å². The van der Waals surface area contributed by atoms with Crippen LogP contribution in [0.15, 0.2) is 83.8 Å². The lowest BCUT2D eigenvalue weighted by Crippen LogP contribution is -2.23. The van der Waals surface area contributed by atoms with E-state index in [9.17, 15) is 4.79 Å². The van der Waals surface area contributed by atoms with Crippen molar-refractivity contribution in [1.29, 1.82) is 0 Å². The van der Waals surface area contributed by atoms with Gasteiger partial charge in [0, 0.05) is 27.9 Å². The van der Waals surface area contributed by atoms with Gasteiger partial charge >= 0.3 is 0 Å². The molecule has 6 aromatic rings. The molecule has 6 rings (SSSR count). The van der Waals surface area contributed by atoms with Crippen LogP contribution in [0.2, 0.25) is 5.02 Å². The molecule has 0 saturated heterocycles. The molecule has 3 heterocycles. The van der Waals surface area contributed by atoms with E-state index in [1.807, 2.05) is 85.4 Å². The Morgan fingerprint density at radius 2 is 1.76 bits per heavy atom. The fourth-order valence-corrected chi connectivity index (χ4v) is 5.27. The van der Waals surface area contributed by atoms with Crippen LogP contribution >= 0.6 is 22.9 Å². The predicted octanol–water partition coefficient (Wildman–Crippen LogP) is 5.58. The van der Waals surface area contributed by atoms with Gasteiger partial charge in [0.2, 0.25) is 4.96 Å². The number of thiazole rings is 1. The van der Waals surface area contributed by atoms with Crippen molar-refractivity contribution >= 4 is 34.0 Å². The Morgan fingerprint density at radius 1 is 1.00 bits per heavy atom. The van der Waals surface area contributed by atoms with Gasteiger partial charge in [-0.1, -0.05) is 41.1 Å². The molecule has 0 bridgehead atoms. The monoisotopic (exact) mass is 539 g/mol. The molecule has 0 saturated carbocycles. The zero-order valence-electron chi connectivity index (χ0n) is 20.6. The number of para-hydroxylation sites is 1. The Bertz CT molecular complexity index is 1870. The number of hydrogen-bond acceptors (Lipinski definition) is 6. The predicted molar refractivity (Wildman–Crippen MR) is 151 cm³/mol. The van der Waals surface area contributed by atoms with Gasteiger partial charge in [-0.05, 0) is 80.1 Å². The standard InChI is InChI=1S/C29H22ClN5O2S/c1-3-37-24-14-11-20(15-18(24)2)26-21(17-34(32-26)23-7-5-4-6-8-23)16-25-28(36)35-29(38-25)31-27(33-35)19-9-12-22(30)13-10-19/h4-17H,3H2,1-2H3/b25-16+. The summed E-state index contributed by atoms with van der Waals surface area (Å²) in [4.78, 5) is 18.4. The number of halogens is 1. The summed E-state index contributed by atoms with van der Waals surface area (Å²) in [5, 5.41) is 9.98. The van der Waals surface area contributed by atoms with E-state index in [1.54, 1.807) is 12.1 Å². The first-order valence-electron chi connectivity index (χ1n) is 12.1. The summed E-state index contributed by atoms with van der Waals surface area (Å²) < 4.78 is 9.42. The van der Waals surface area contributed by atoms with Crippen LogP contribution in [0.25, 0.3) is 39.4 Å². The van der Waals surface area contributed by atoms with Gasteiger partial charge < -0.3 is 4.74 Å². The maximum atomic E-state index is 13.3. The first-order valence-corrected chi connectivity index (χ1v) is 13.3. The average Bonchev–Trinajstić information content (AvgIpc) is 3.62. The lowest BCUT2D eigenvalue weighted by molar-refractivity contribution is 0.338. The number of aromatic nitrogens is 5. The molecule has 0 amide bonds. The van der Waals surface area contributed by atoms with Crippen LogP contribution in [-0.4, -0.2) is 31.0 Å². The van der Waals surface area contributed by atoms with E-state index in [2.05, 4.69) is 16.1 Å². The van der Waals surface area contributed by atoms with Crippen LogP contribution in [-0.2, 0) is 0 Å². The number of benzene rings is 3. The molecular weight excluding hydrogens is 518 g/mol. The Morgan fingerprint density at radius 3 is 2.47 bits per heavy atom. The van der Waals surface area contributed by atoms with E-state index in [0.29, 0.717) is 26.9 Å². The largest absolute Gasteiger partial charge is 0.494 e. The van der Waals surface area contributed by atoms with Gasteiger partial charge in [-0.25, -0.2) is 4.68 Å². The zero-order valence-corrected chi connectivity index (χ0v) is 22.2. The van der Waals surface area contributed by atoms with Gasteiger partial charge in [0.25, 0.3) is 5.56 Å². The summed E-state index contributed by atoms with van der Waals surface area (Å²) in [5.41, 5.74) is 5.03. The van der Waals surface area contributed by atoms with Crippen molar-refractivity contribution in [2.24, 2.45) is 0 Å². The number of hydrogen-bond donors (Lipinski definition) is 0. The first kappa shape index (κ1) is 24.1. The van der Waals surface area contributed by atoms with E-state index >= 15 is 0 Å². The minimum Gasteiger partial charge on any atom is -0.494 e. The Labute approximate surface area is 227 Å². The van der Waals surface area contributed by atoms with Crippen LogP contribution in [0.4, 0.5) is 0 Å². The Balaban J connectivity index is 1.47. The highest BCUT2D eigenvalue weighted by atomic mass is 35.5. The van der Waals surface area contributed by atoms with Crippen molar-refractivity contribution in [2.75, 3.05) is 6.61 Å². The lowest BCUT2D eigenvalue weighted by atomic mass is 10.0. The van der Waals surface area contributed by atoms with Gasteiger partial charge in [-0.2, -0.15) is 14.6 Å². The molecule has 3 aromatic heterocycles. The maximum Gasteiger partial charge on any atom is 0.291 e. The Hall–Kier alpha value is -4.27. The molecule has 0 spiro atoms. The second-order valence-corrected chi connectivity index (χ2v) is 10.1. The second kappa shape index (κ2) is 9.89. The van der Waals surface area contributed by atoms with E-state index < -0.39 is 0 Å². The highest BCUT2D eigenvalue weighted by Gasteiger charge is 2.16. The smallest absolute Gasteiger partial charge is 0.291 e. The molecule has 0 aliphatic heterocycles. The molecule has 38 heavy (non-hydrogen) atoms. The van der Waals surface area contributed by atoms with Gasteiger partial charge in [-0.15, -0.1) is 5.10 Å². The second-order valence-electron chi connectivity index (χ2n) is 8.68. The van der Waals surface area contributed by atoms with E-state index in [1.165, 1.54) is 15.9 Å². The fourth-order valence-electron chi connectivity index (χ4n) is 4.24. The lowest BCUT2D eigenvalue weighted by Gasteiger charge is -2.08. The molecule has 3 aromatic carbocycles. The van der Waals surface area contributed by atoms with Gasteiger partial charge in [-0.3, -0.25) is 4.79 Å². The average molecular weight is 540 g/mol. The summed E-state index contributed by atoms with van der Waals surface area (Å²) in [6.07, 6.45) is 3.80. The SMILES string of the molecule is CCOc1ccc(-c2nn(-c3ccccc3)cc2/C=c2/sc3nc(-c4ccc(Cl)cc4)nn3c2=O)cc1C. The fraction of sp³-hybridized carbons (Fsp3) is 0.103. The molecule has 9 heteroatoms. The quantitative estimate of drug-likeness (QED) is 0.276. The van der Waals surface area contributed by atoms with Crippen LogP contribution in [0.5, 0.6) is 5.75 Å². The molecule has 0 unspecified atom stereocenters. The topological polar surface area (TPSA) is 74.3 Å². The molecule has 0 radical (unpaired) electrons. The van der Waals surface area contributed by atoms with Crippen molar-refractivity contribution in [3.8, 4) is 34.1 Å². The third-order valence-corrected chi connectivity index (χ3v) is 7.29. The van der Waals surface area contributed by atoms with Gasteiger partial charge in [0.1, 0.15) is 11.4 Å². The van der Waals surface area contributed by atoms with Gasteiger partial charge in [0.05, 0.1) is 16.8 Å². The number of fused-ring (bicyclic) bond motifs is 1. The summed E-state index contributed by atoms with van der Waals surface area (Å²) in [5.74, 6) is 1.33. The number of ether oxygens (including phenoxy) is 1. The normalized spacial score (nSPS) is 11.9. The molecule has 0 aliphatic rings. The van der Waals surface area contributed by atoms with Crippen LogP contribution in [0.1, 0.15) is 18.1 Å². The summed E-state index contributed by atoms with van der Waals surface area (Å²) in [7, 11) is 0. The molecule has 7 nitrogen and oxygen atoms in total. The summed E-state index contributed by atoms with van der Waals surface area (Å²) in [6, 6.07) is 23.1.